The van der Waals surface area contributed by atoms with E-state index in [1.165, 1.54) is 31.3 Å². The average Bonchev–Trinajstić information content (AvgIpc) is 2.25. The highest BCUT2D eigenvalue weighted by Gasteiger charge is 2.10. The maximum absolute atomic E-state index is 8.73. The molecule has 0 radical (unpaired) electrons. The molecule has 0 aromatic carbocycles. The molecule has 0 aliphatic rings. The number of aliphatic hydroxyl groups excluding tert-OH is 1. The van der Waals surface area contributed by atoms with Gasteiger partial charge in [-0.3, -0.25) is 0 Å². The van der Waals surface area contributed by atoms with Gasteiger partial charge in [-0.05, 0) is 37.5 Å². The third kappa shape index (κ3) is 9.47. The van der Waals surface area contributed by atoms with Gasteiger partial charge in [0.2, 0.25) is 0 Å². The standard InChI is InChI=1S/C17H32O/c1-6-8-14(2)11-16(4)13-17(5)12-15(3)9-7-10-18/h7,9,12,14,16-18H,6,8,10-11,13H2,1-5H3/b9-7+,15-12+. The van der Waals surface area contributed by atoms with Crippen LogP contribution in [0.2, 0.25) is 0 Å². The van der Waals surface area contributed by atoms with Crippen molar-refractivity contribution in [2.75, 3.05) is 6.61 Å². The molecule has 1 N–H and O–H groups in total. The van der Waals surface area contributed by atoms with Crippen LogP contribution in [-0.2, 0) is 0 Å². The molecule has 18 heavy (non-hydrogen) atoms. The number of aliphatic hydroxyl groups is 1. The highest BCUT2D eigenvalue weighted by Crippen LogP contribution is 2.23. The van der Waals surface area contributed by atoms with Crippen LogP contribution < -0.4 is 0 Å². The summed E-state index contributed by atoms with van der Waals surface area (Å²) in [6.07, 6.45) is 11.4. The van der Waals surface area contributed by atoms with Crippen molar-refractivity contribution in [1.82, 2.24) is 0 Å². The van der Waals surface area contributed by atoms with Crippen LogP contribution in [0.15, 0.2) is 23.8 Å². The van der Waals surface area contributed by atoms with Crippen molar-refractivity contribution in [3.63, 3.8) is 0 Å². The summed E-state index contributed by atoms with van der Waals surface area (Å²) in [7, 11) is 0. The van der Waals surface area contributed by atoms with Crippen molar-refractivity contribution < 1.29 is 5.11 Å². The quantitative estimate of drug-likeness (QED) is 0.574. The Morgan fingerprint density at radius 2 is 1.78 bits per heavy atom. The summed E-state index contributed by atoms with van der Waals surface area (Å²) in [6, 6.07) is 0. The summed E-state index contributed by atoms with van der Waals surface area (Å²) < 4.78 is 0. The Labute approximate surface area is 114 Å². The van der Waals surface area contributed by atoms with E-state index in [2.05, 4.69) is 40.7 Å². The second kappa shape index (κ2) is 10.4. The highest BCUT2D eigenvalue weighted by molar-refractivity contribution is 5.16. The SMILES string of the molecule is CCCC(C)CC(C)CC(C)/C=C(C)/C=C/CO. The topological polar surface area (TPSA) is 20.2 Å². The van der Waals surface area contributed by atoms with Crippen molar-refractivity contribution in [1.29, 1.82) is 0 Å². The summed E-state index contributed by atoms with van der Waals surface area (Å²) in [4.78, 5) is 0. The zero-order chi connectivity index (χ0) is 14.0. The first kappa shape index (κ1) is 17.4. The third-order valence-corrected chi connectivity index (χ3v) is 3.39. The lowest BCUT2D eigenvalue weighted by Crippen LogP contribution is -2.06. The third-order valence-electron chi connectivity index (χ3n) is 3.39. The first-order valence-corrected chi connectivity index (χ1v) is 7.45. The Balaban J connectivity index is 4.06. The van der Waals surface area contributed by atoms with E-state index in [1.807, 2.05) is 6.08 Å². The fraction of sp³-hybridized carbons (Fsp3) is 0.765. The second-order valence-corrected chi connectivity index (χ2v) is 5.94. The van der Waals surface area contributed by atoms with Gasteiger partial charge in [-0.1, -0.05) is 64.3 Å². The second-order valence-electron chi connectivity index (χ2n) is 5.94. The predicted octanol–water partition coefficient (Wildman–Crippen LogP) is 4.97. The monoisotopic (exact) mass is 252 g/mol. The average molecular weight is 252 g/mol. The van der Waals surface area contributed by atoms with Crippen LogP contribution >= 0.6 is 0 Å². The maximum Gasteiger partial charge on any atom is 0.0615 e. The summed E-state index contributed by atoms with van der Waals surface area (Å²) in [5.41, 5.74) is 1.25. The minimum atomic E-state index is 0.129. The van der Waals surface area contributed by atoms with Gasteiger partial charge in [-0.15, -0.1) is 0 Å². The molecule has 0 rings (SSSR count). The predicted molar refractivity (Wildman–Crippen MR) is 81.6 cm³/mol. The molecular weight excluding hydrogens is 220 g/mol. The van der Waals surface area contributed by atoms with E-state index in [4.69, 9.17) is 5.11 Å². The Kier molecular flexibility index (Phi) is 10.0. The van der Waals surface area contributed by atoms with Gasteiger partial charge in [0.05, 0.1) is 6.61 Å². The van der Waals surface area contributed by atoms with Gasteiger partial charge in [0.25, 0.3) is 0 Å². The van der Waals surface area contributed by atoms with Crippen molar-refractivity contribution in [3.8, 4) is 0 Å². The van der Waals surface area contributed by atoms with Crippen molar-refractivity contribution in [2.24, 2.45) is 17.8 Å². The van der Waals surface area contributed by atoms with E-state index >= 15 is 0 Å². The number of allylic oxidation sites excluding steroid dienone is 3. The van der Waals surface area contributed by atoms with Crippen LogP contribution in [0.3, 0.4) is 0 Å². The molecule has 3 atom stereocenters. The lowest BCUT2D eigenvalue weighted by atomic mass is 9.87. The Hall–Kier alpha value is -0.560. The minimum Gasteiger partial charge on any atom is -0.392 e. The van der Waals surface area contributed by atoms with Gasteiger partial charge in [-0.25, -0.2) is 0 Å². The van der Waals surface area contributed by atoms with Crippen LogP contribution in [0.25, 0.3) is 0 Å². The van der Waals surface area contributed by atoms with Crippen LogP contribution in [0, 0.1) is 17.8 Å². The van der Waals surface area contributed by atoms with E-state index in [-0.39, 0.29) is 6.61 Å². The summed E-state index contributed by atoms with van der Waals surface area (Å²) in [5, 5.41) is 8.73. The molecule has 0 aliphatic carbocycles. The molecule has 106 valence electrons. The van der Waals surface area contributed by atoms with Crippen molar-refractivity contribution in [3.05, 3.63) is 23.8 Å². The van der Waals surface area contributed by atoms with E-state index in [0.29, 0.717) is 5.92 Å². The van der Waals surface area contributed by atoms with Crippen LogP contribution in [0.1, 0.15) is 60.3 Å². The van der Waals surface area contributed by atoms with Gasteiger partial charge in [0.15, 0.2) is 0 Å². The Bertz CT molecular complexity index is 252. The van der Waals surface area contributed by atoms with Gasteiger partial charge in [-0.2, -0.15) is 0 Å². The van der Waals surface area contributed by atoms with Crippen LogP contribution in [-0.4, -0.2) is 11.7 Å². The first-order chi connectivity index (χ1) is 8.49. The molecule has 3 unspecified atom stereocenters. The largest absolute Gasteiger partial charge is 0.392 e. The lowest BCUT2D eigenvalue weighted by molar-refractivity contribution is 0.342. The minimum absolute atomic E-state index is 0.129. The zero-order valence-electron chi connectivity index (χ0n) is 12.9. The Morgan fingerprint density at radius 1 is 1.11 bits per heavy atom. The molecule has 0 aromatic heterocycles. The summed E-state index contributed by atoms with van der Waals surface area (Å²) >= 11 is 0. The fourth-order valence-electron chi connectivity index (χ4n) is 2.84. The van der Waals surface area contributed by atoms with Gasteiger partial charge in [0.1, 0.15) is 0 Å². The molecule has 1 heteroatoms. The summed E-state index contributed by atoms with van der Waals surface area (Å²) in [6.45, 7) is 11.5. The number of hydrogen-bond donors (Lipinski definition) is 1. The van der Waals surface area contributed by atoms with E-state index in [9.17, 15) is 0 Å². The lowest BCUT2D eigenvalue weighted by Gasteiger charge is -2.19. The molecule has 0 aromatic rings. The normalized spacial score (nSPS) is 18.0. The van der Waals surface area contributed by atoms with Gasteiger partial charge < -0.3 is 5.11 Å². The molecule has 0 spiro atoms. The van der Waals surface area contributed by atoms with Crippen LogP contribution in [0.4, 0.5) is 0 Å². The number of rotatable bonds is 9. The molecule has 0 saturated carbocycles. The fourth-order valence-corrected chi connectivity index (χ4v) is 2.84. The van der Waals surface area contributed by atoms with E-state index < -0.39 is 0 Å². The van der Waals surface area contributed by atoms with Gasteiger partial charge in [0, 0.05) is 0 Å². The molecule has 1 nitrogen and oxygen atoms in total. The van der Waals surface area contributed by atoms with Crippen LogP contribution in [0.5, 0.6) is 0 Å². The zero-order valence-corrected chi connectivity index (χ0v) is 12.9. The first-order valence-electron chi connectivity index (χ1n) is 7.45. The summed E-state index contributed by atoms with van der Waals surface area (Å²) in [5.74, 6) is 2.28. The van der Waals surface area contributed by atoms with Crippen molar-refractivity contribution >= 4 is 0 Å². The van der Waals surface area contributed by atoms with Crippen molar-refractivity contribution in [2.45, 2.75) is 60.3 Å². The van der Waals surface area contributed by atoms with Gasteiger partial charge >= 0.3 is 0 Å². The molecule has 0 fully saturated rings. The van der Waals surface area contributed by atoms with E-state index in [0.717, 1.165) is 11.8 Å². The molecule has 0 bridgehead atoms. The number of hydrogen-bond acceptors (Lipinski definition) is 1. The maximum atomic E-state index is 8.73. The molecule has 0 saturated heterocycles. The molecule has 0 amide bonds. The molecule has 0 heterocycles. The molecule has 0 aliphatic heterocycles. The Morgan fingerprint density at radius 3 is 2.33 bits per heavy atom. The smallest absolute Gasteiger partial charge is 0.0615 e. The highest BCUT2D eigenvalue weighted by atomic mass is 16.2. The van der Waals surface area contributed by atoms with E-state index in [1.54, 1.807) is 6.08 Å². The molecular formula is C17H32O.